The summed E-state index contributed by atoms with van der Waals surface area (Å²) in [6.45, 7) is 2.37. The van der Waals surface area contributed by atoms with Gasteiger partial charge in [-0.2, -0.15) is 0 Å². The minimum absolute atomic E-state index is 0.0298. The number of carboxylic acids is 1. The molecule has 1 saturated carbocycles. The van der Waals surface area contributed by atoms with Crippen LogP contribution < -0.4 is 0 Å². The Kier molecular flexibility index (Phi) is 4.33. The van der Waals surface area contributed by atoms with Crippen molar-refractivity contribution in [1.82, 2.24) is 4.90 Å². The third-order valence-corrected chi connectivity index (χ3v) is 3.70. The van der Waals surface area contributed by atoms with Crippen LogP contribution in [0, 0.1) is 5.41 Å². The summed E-state index contributed by atoms with van der Waals surface area (Å²) in [5, 5.41) is 8.59. The van der Waals surface area contributed by atoms with Gasteiger partial charge in [0.25, 0.3) is 0 Å². The summed E-state index contributed by atoms with van der Waals surface area (Å²) in [4.78, 5) is 24.3. The number of nitrogens with zero attached hydrogens (tertiary/aromatic N) is 1. The highest BCUT2D eigenvalue weighted by Gasteiger charge is 2.40. The van der Waals surface area contributed by atoms with Gasteiger partial charge in [-0.05, 0) is 19.3 Å². The van der Waals surface area contributed by atoms with Crippen LogP contribution in [-0.2, 0) is 9.59 Å². The Morgan fingerprint density at radius 1 is 1.31 bits per heavy atom. The van der Waals surface area contributed by atoms with Crippen LogP contribution in [0.3, 0.4) is 0 Å². The van der Waals surface area contributed by atoms with Crippen molar-refractivity contribution >= 4 is 11.9 Å². The highest BCUT2D eigenvalue weighted by molar-refractivity contribution is 5.83. The summed E-state index contributed by atoms with van der Waals surface area (Å²) < 4.78 is 0. The van der Waals surface area contributed by atoms with Gasteiger partial charge < -0.3 is 10.0 Å². The molecule has 0 unspecified atom stereocenters. The van der Waals surface area contributed by atoms with Crippen LogP contribution in [0.1, 0.15) is 45.4 Å². The second kappa shape index (κ2) is 5.32. The standard InChI is InChI=1S/C12H21NO3/c1-3-12(7-4-5-8-12)11(16)13(2)9-6-10(14)15/h3-9H2,1-2H3,(H,14,15). The molecule has 4 heteroatoms. The van der Waals surface area contributed by atoms with Crippen LogP contribution in [-0.4, -0.2) is 35.5 Å². The van der Waals surface area contributed by atoms with Crippen molar-refractivity contribution in [2.24, 2.45) is 5.41 Å². The fourth-order valence-electron chi connectivity index (χ4n) is 2.54. The Bertz CT molecular complexity index is 269. The lowest BCUT2D eigenvalue weighted by atomic mass is 9.82. The number of amides is 1. The van der Waals surface area contributed by atoms with Gasteiger partial charge in [0.15, 0.2) is 0 Å². The molecule has 1 fully saturated rings. The number of hydrogen-bond acceptors (Lipinski definition) is 2. The van der Waals surface area contributed by atoms with Gasteiger partial charge in [-0.1, -0.05) is 19.8 Å². The second-order valence-corrected chi connectivity index (χ2v) is 4.71. The van der Waals surface area contributed by atoms with Gasteiger partial charge in [-0.3, -0.25) is 9.59 Å². The predicted molar refractivity (Wildman–Crippen MR) is 61.1 cm³/mol. The third-order valence-electron chi connectivity index (χ3n) is 3.70. The first kappa shape index (κ1) is 13.0. The van der Waals surface area contributed by atoms with E-state index in [0.717, 1.165) is 32.1 Å². The van der Waals surface area contributed by atoms with Crippen LogP contribution in [0.4, 0.5) is 0 Å². The van der Waals surface area contributed by atoms with E-state index in [2.05, 4.69) is 0 Å². The van der Waals surface area contributed by atoms with E-state index in [-0.39, 0.29) is 17.7 Å². The minimum atomic E-state index is -0.850. The SMILES string of the molecule is CCC1(C(=O)N(C)CCC(=O)O)CCCC1. The normalized spacial score (nSPS) is 18.4. The number of carboxylic acid groups (broad SMARTS) is 1. The maximum atomic E-state index is 12.2. The van der Waals surface area contributed by atoms with Crippen LogP contribution in [0.5, 0.6) is 0 Å². The van der Waals surface area contributed by atoms with Crippen LogP contribution >= 0.6 is 0 Å². The topological polar surface area (TPSA) is 57.6 Å². The van der Waals surface area contributed by atoms with E-state index in [1.165, 1.54) is 0 Å². The Morgan fingerprint density at radius 2 is 1.88 bits per heavy atom. The molecule has 1 aliphatic rings. The average Bonchev–Trinajstić information content (AvgIpc) is 2.74. The molecule has 1 N–H and O–H groups in total. The highest BCUT2D eigenvalue weighted by Crippen LogP contribution is 2.42. The van der Waals surface area contributed by atoms with E-state index >= 15 is 0 Å². The van der Waals surface area contributed by atoms with Crippen molar-refractivity contribution in [3.8, 4) is 0 Å². The molecule has 1 rings (SSSR count). The van der Waals surface area contributed by atoms with Gasteiger partial charge in [0.1, 0.15) is 0 Å². The number of rotatable bonds is 5. The fourth-order valence-corrected chi connectivity index (χ4v) is 2.54. The van der Waals surface area contributed by atoms with Crippen molar-refractivity contribution in [3.63, 3.8) is 0 Å². The molecular weight excluding hydrogens is 206 g/mol. The zero-order valence-electron chi connectivity index (χ0n) is 10.2. The molecule has 0 aliphatic heterocycles. The van der Waals surface area contributed by atoms with Gasteiger partial charge in [-0.25, -0.2) is 0 Å². The van der Waals surface area contributed by atoms with Gasteiger partial charge in [0.2, 0.25) is 5.91 Å². The molecule has 0 aromatic heterocycles. The van der Waals surface area contributed by atoms with E-state index in [0.29, 0.717) is 6.54 Å². The summed E-state index contributed by atoms with van der Waals surface area (Å²) in [6, 6.07) is 0. The maximum Gasteiger partial charge on any atom is 0.305 e. The quantitative estimate of drug-likeness (QED) is 0.780. The second-order valence-electron chi connectivity index (χ2n) is 4.71. The zero-order valence-corrected chi connectivity index (χ0v) is 10.2. The molecule has 16 heavy (non-hydrogen) atoms. The third kappa shape index (κ3) is 2.74. The van der Waals surface area contributed by atoms with Gasteiger partial charge in [0.05, 0.1) is 6.42 Å². The van der Waals surface area contributed by atoms with Crippen LogP contribution in [0.25, 0.3) is 0 Å². The summed E-state index contributed by atoms with van der Waals surface area (Å²) in [5.74, 6) is -0.717. The number of aliphatic carboxylic acids is 1. The van der Waals surface area contributed by atoms with E-state index in [1.807, 2.05) is 6.92 Å². The van der Waals surface area contributed by atoms with Crippen molar-refractivity contribution in [3.05, 3.63) is 0 Å². The lowest BCUT2D eigenvalue weighted by molar-refractivity contribution is -0.142. The van der Waals surface area contributed by atoms with E-state index < -0.39 is 5.97 Å². The molecule has 1 aliphatic carbocycles. The molecule has 0 atom stereocenters. The van der Waals surface area contributed by atoms with E-state index in [4.69, 9.17) is 5.11 Å². The monoisotopic (exact) mass is 227 g/mol. The summed E-state index contributed by atoms with van der Waals surface area (Å²) >= 11 is 0. The van der Waals surface area contributed by atoms with Crippen molar-refractivity contribution in [2.45, 2.75) is 45.4 Å². The maximum absolute atomic E-state index is 12.2. The largest absolute Gasteiger partial charge is 0.481 e. The average molecular weight is 227 g/mol. The molecule has 0 bridgehead atoms. The Balaban J connectivity index is 2.57. The summed E-state index contributed by atoms with van der Waals surface area (Å²) in [7, 11) is 1.71. The van der Waals surface area contributed by atoms with Gasteiger partial charge >= 0.3 is 5.97 Å². The zero-order chi connectivity index (χ0) is 12.2. The van der Waals surface area contributed by atoms with Crippen molar-refractivity contribution in [1.29, 1.82) is 0 Å². The molecule has 0 aromatic carbocycles. The molecule has 0 radical (unpaired) electrons. The first-order valence-electron chi connectivity index (χ1n) is 5.99. The molecular formula is C12H21NO3. The first-order valence-corrected chi connectivity index (χ1v) is 5.99. The Labute approximate surface area is 96.6 Å². The Hall–Kier alpha value is -1.06. The summed E-state index contributed by atoms with van der Waals surface area (Å²) in [5.41, 5.74) is -0.201. The lowest BCUT2D eigenvalue weighted by Crippen LogP contribution is -2.41. The molecule has 0 heterocycles. The molecule has 1 amide bonds. The van der Waals surface area contributed by atoms with Crippen molar-refractivity contribution in [2.75, 3.05) is 13.6 Å². The predicted octanol–water partition coefficient (Wildman–Crippen LogP) is 1.89. The van der Waals surface area contributed by atoms with E-state index in [1.54, 1.807) is 11.9 Å². The van der Waals surface area contributed by atoms with Crippen molar-refractivity contribution < 1.29 is 14.7 Å². The number of hydrogen-bond donors (Lipinski definition) is 1. The smallest absolute Gasteiger partial charge is 0.305 e. The number of carbonyl (C=O) groups is 2. The lowest BCUT2D eigenvalue weighted by Gasteiger charge is -2.31. The molecule has 0 saturated heterocycles. The van der Waals surface area contributed by atoms with Crippen LogP contribution in [0.15, 0.2) is 0 Å². The van der Waals surface area contributed by atoms with Crippen LogP contribution in [0.2, 0.25) is 0 Å². The highest BCUT2D eigenvalue weighted by atomic mass is 16.4. The van der Waals surface area contributed by atoms with Gasteiger partial charge in [-0.15, -0.1) is 0 Å². The van der Waals surface area contributed by atoms with Gasteiger partial charge in [0, 0.05) is 19.0 Å². The minimum Gasteiger partial charge on any atom is -0.481 e. The molecule has 4 nitrogen and oxygen atoms in total. The molecule has 0 aromatic rings. The molecule has 0 spiro atoms. The van der Waals surface area contributed by atoms with E-state index in [9.17, 15) is 9.59 Å². The summed E-state index contributed by atoms with van der Waals surface area (Å²) in [6.07, 6.45) is 5.05. The number of carbonyl (C=O) groups excluding carboxylic acids is 1. The Morgan fingerprint density at radius 3 is 2.31 bits per heavy atom. The first-order chi connectivity index (χ1) is 7.52. The molecule has 92 valence electrons. The fraction of sp³-hybridized carbons (Fsp3) is 0.833.